The van der Waals surface area contributed by atoms with Gasteiger partial charge in [0, 0.05) is 51.7 Å². The summed E-state index contributed by atoms with van der Waals surface area (Å²) in [5.74, 6) is 0.506. The van der Waals surface area contributed by atoms with Crippen LogP contribution in [0.15, 0.2) is 36.7 Å². The van der Waals surface area contributed by atoms with Crippen molar-refractivity contribution in [3.8, 4) is 11.8 Å². The molecule has 1 N–H and O–H groups in total. The molecule has 0 radical (unpaired) electrons. The highest BCUT2D eigenvalue weighted by atomic mass is 16.6. The Morgan fingerprint density at radius 2 is 1.65 bits per heavy atom. The lowest BCUT2D eigenvalue weighted by atomic mass is 10.2. The molecule has 10 nitrogen and oxygen atoms in total. The number of hydrogen-bond donors (Lipinski definition) is 1. The van der Waals surface area contributed by atoms with Gasteiger partial charge in [-0.15, -0.1) is 0 Å². The summed E-state index contributed by atoms with van der Waals surface area (Å²) >= 11 is 0. The first kappa shape index (κ1) is 23.3. The number of piperazine rings is 1. The minimum absolute atomic E-state index is 0.0732. The summed E-state index contributed by atoms with van der Waals surface area (Å²) in [6, 6.07) is 7.71. The number of nitrogens with zero attached hydrogens (tertiary/aromatic N) is 5. The molecule has 34 heavy (non-hydrogen) atoms. The molecule has 0 aliphatic carbocycles. The van der Waals surface area contributed by atoms with E-state index in [1.54, 1.807) is 29.2 Å². The summed E-state index contributed by atoms with van der Waals surface area (Å²) in [5.41, 5.74) is 1.69. The van der Waals surface area contributed by atoms with E-state index in [2.05, 4.69) is 15.3 Å². The van der Waals surface area contributed by atoms with Gasteiger partial charge in [0.05, 0.1) is 23.6 Å². The van der Waals surface area contributed by atoms with Crippen LogP contribution in [0.5, 0.6) is 11.8 Å². The summed E-state index contributed by atoms with van der Waals surface area (Å²) in [6.45, 7) is 7.31. The van der Waals surface area contributed by atoms with Crippen LogP contribution in [0.3, 0.4) is 0 Å². The van der Waals surface area contributed by atoms with Crippen molar-refractivity contribution in [3.63, 3.8) is 0 Å². The monoisotopic (exact) mass is 466 g/mol. The second-order valence-corrected chi connectivity index (χ2v) is 9.18. The number of ether oxygens (including phenoxy) is 2. The maximum Gasteiger partial charge on any atom is 0.410 e. The number of anilines is 1. The summed E-state index contributed by atoms with van der Waals surface area (Å²) < 4.78 is 13.1. The van der Waals surface area contributed by atoms with Crippen LogP contribution in [0, 0.1) is 0 Å². The van der Waals surface area contributed by atoms with Gasteiger partial charge in [0.2, 0.25) is 0 Å². The Balaban J connectivity index is 1.45. The molecule has 2 amide bonds. The first-order chi connectivity index (χ1) is 16.1. The third-order valence-corrected chi connectivity index (χ3v) is 5.58. The number of hydrogen-bond acceptors (Lipinski definition) is 7. The van der Waals surface area contributed by atoms with E-state index in [-0.39, 0.29) is 18.0 Å². The topological polar surface area (TPSA) is 102 Å². The van der Waals surface area contributed by atoms with Crippen LogP contribution in [-0.2, 0) is 11.8 Å². The zero-order valence-corrected chi connectivity index (χ0v) is 20.2. The molecule has 10 heteroatoms. The third-order valence-electron chi connectivity index (χ3n) is 5.58. The predicted octanol–water partition coefficient (Wildman–Crippen LogP) is 3.50. The van der Waals surface area contributed by atoms with Gasteiger partial charge in [-0.3, -0.25) is 4.79 Å². The molecule has 1 fully saturated rings. The van der Waals surface area contributed by atoms with Crippen molar-refractivity contribution in [1.82, 2.24) is 24.3 Å². The van der Waals surface area contributed by atoms with Crippen molar-refractivity contribution >= 4 is 28.6 Å². The molecule has 1 aliphatic heterocycles. The van der Waals surface area contributed by atoms with Gasteiger partial charge in [0.25, 0.3) is 5.91 Å². The molecular weight excluding hydrogens is 436 g/mol. The van der Waals surface area contributed by atoms with Crippen LogP contribution in [0.1, 0.15) is 31.3 Å². The largest absolute Gasteiger partial charge is 0.444 e. The Labute approximate surface area is 198 Å². The molecule has 3 aromatic rings. The second-order valence-electron chi connectivity index (χ2n) is 9.18. The van der Waals surface area contributed by atoms with Crippen LogP contribution >= 0.6 is 0 Å². The first-order valence-electron chi connectivity index (χ1n) is 11.2. The van der Waals surface area contributed by atoms with Gasteiger partial charge in [-0.1, -0.05) is 0 Å². The molecule has 0 spiro atoms. The number of aryl methyl sites for hydroxylation is 1. The van der Waals surface area contributed by atoms with Crippen LogP contribution in [0.4, 0.5) is 10.5 Å². The fraction of sp³-hybridized carbons (Fsp3) is 0.417. The van der Waals surface area contributed by atoms with Gasteiger partial charge in [-0.2, -0.15) is 0 Å². The minimum Gasteiger partial charge on any atom is -0.444 e. The van der Waals surface area contributed by atoms with E-state index in [0.717, 1.165) is 16.6 Å². The average Bonchev–Trinajstić information content (AvgIpc) is 3.14. The first-order valence-corrected chi connectivity index (χ1v) is 11.2. The molecule has 4 rings (SSSR count). The average molecular weight is 467 g/mol. The van der Waals surface area contributed by atoms with Crippen LogP contribution in [0.25, 0.3) is 10.9 Å². The van der Waals surface area contributed by atoms with Gasteiger partial charge < -0.3 is 29.2 Å². The molecule has 1 aromatic carbocycles. The van der Waals surface area contributed by atoms with E-state index >= 15 is 0 Å². The Hall–Kier alpha value is -3.82. The number of nitrogens with one attached hydrogen (secondary N) is 1. The van der Waals surface area contributed by atoms with Crippen LogP contribution in [0.2, 0.25) is 0 Å². The smallest absolute Gasteiger partial charge is 0.410 e. The van der Waals surface area contributed by atoms with Crippen molar-refractivity contribution in [2.75, 3.05) is 38.5 Å². The van der Waals surface area contributed by atoms with E-state index in [0.29, 0.717) is 37.6 Å². The number of amides is 2. The Kier molecular flexibility index (Phi) is 6.32. The maximum absolute atomic E-state index is 13.2. The van der Waals surface area contributed by atoms with Crippen LogP contribution < -0.4 is 10.1 Å². The van der Waals surface area contributed by atoms with Gasteiger partial charge >= 0.3 is 12.1 Å². The van der Waals surface area contributed by atoms with Gasteiger partial charge in [-0.25, -0.2) is 14.8 Å². The number of carbonyl (C=O) groups excluding carboxylic acids is 2. The van der Waals surface area contributed by atoms with E-state index in [4.69, 9.17) is 9.47 Å². The second kappa shape index (κ2) is 9.20. The maximum atomic E-state index is 13.2. The van der Waals surface area contributed by atoms with Gasteiger partial charge in [-0.05, 0) is 39.0 Å². The molecule has 2 aromatic heterocycles. The van der Waals surface area contributed by atoms with Crippen molar-refractivity contribution in [2.45, 2.75) is 26.4 Å². The number of aromatic nitrogens is 3. The van der Waals surface area contributed by atoms with Crippen molar-refractivity contribution in [3.05, 3.63) is 42.4 Å². The highest BCUT2D eigenvalue weighted by molar-refractivity contribution is 5.99. The van der Waals surface area contributed by atoms with Gasteiger partial charge in [0.15, 0.2) is 0 Å². The van der Waals surface area contributed by atoms with Crippen molar-refractivity contribution in [2.24, 2.45) is 7.05 Å². The molecule has 1 aliphatic rings. The molecule has 0 unspecified atom stereocenters. The Morgan fingerprint density at radius 3 is 2.26 bits per heavy atom. The summed E-state index contributed by atoms with van der Waals surface area (Å²) in [7, 11) is 3.65. The Bertz CT molecular complexity index is 1190. The SMILES string of the molecule is CNc1cnc(Oc2ccc3cc(C(=O)N4CCN(C(=O)OC(C)(C)C)CC4)n(C)c3c2)nc1. The summed E-state index contributed by atoms with van der Waals surface area (Å²) in [6.07, 6.45) is 2.94. The molecule has 0 atom stereocenters. The molecule has 3 heterocycles. The van der Waals surface area contributed by atoms with Crippen molar-refractivity contribution < 1.29 is 19.1 Å². The minimum atomic E-state index is -0.544. The fourth-order valence-electron chi connectivity index (χ4n) is 3.76. The molecule has 1 saturated heterocycles. The summed E-state index contributed by atoms with van der Waals surface area (Å²) in [5, 5.41) is 3.89. The van der Waals surface area contributed by atoms with Crippen LogP contribution in [-0.4, -0.2) is 75.2 Å². The van der Waals surface area contributed by atoms with Crippen molar-refractivity contribution in [1.29, 1.82) is 0 Å². The number of rotatable bonds is 4. The van der Waals surface area contributed by atoms with E-state index < -0.39 is 5.60 Å². The fourth-order valence-corrected chi connectivity index (χ4v) is 3.76. The third kappa shape index (κ3) is 5.05. The summed E-state index contributed by atoms with van der Waals surface area (Å²) in [4.78, 5) is 37.3. The predicted molar refractivity (Wildman–Crippen MR) is 128 cm³/mol. The normalized spacial score (nSPS) is 14.3. The zero-order valence-electron chi connectivity index (χ0n) is 20.2. The lowest BCUT2D eigenvalue weighted by Gasteiger charge is -2.35. The quantitative estimate of drug-likeness (QED) is 0.628. The lowest BCUT2D eigenvalue weighted by molar-refractivity contribution is 0.0139. The lowest BCUT2D eigenvalue weighted by Crippen LogP contribution is -2.51. The Morgan fingerprint density at radius 1 is 1.00 bits per heavy atom. The molecule has 180 valence electrons. The van der Waals surface area contributed by atoms with E-state index in [9.17, 15) is 9.59 Å². The number of benzene rings is 1. The number of fused-ring (bicyclic) bond motifs is 1. The van der Waals surface area contributed by atoms with E-state index in [1.807, 2.05) is 56.7 Å². The molecular formula is C24H30N6O4. The molecule has 0 bridgehead atoms. The zero-order chi connectivity index (χ0) is 24.5. The highest BCUT2D eigenvalue weighted by Gasteiger charge is 2.29. The van der Waals surface area contributed by atoms with E-state index in [1.165, 1.54) is 0 Å². The highest BCUT2D eigenvalue weighted by Crippen LogP contribution is 2.27. The number of carbonyl (C=O) groups is 2. The van der Waals surface area contributed by atoms with Gasteiger partial charge in [0.1, 0.15) is 17.0 Å². The standard InChI is InChI=1S/C24H30N6O4/c1-24(2,3)34-23(32)30-10-8-29(9-11-30)21(31)20-12-16-6-7-18(13-19(16)28(20)5)33-22-26-14-17(25-4)15-27-22/h6-7,12-15,25H,8-11H2,1-5H3. The molecule has 0 saturated carbocycles.